The fourth-order valence-corrected chi connectivity index (χ4v) is 4.59. The molecule has 1 saturated heterocycles. The maximum atomic E-state index is 9.79. The summed E-state index contributed by atoms with van der Waals surface area (Å²) >= 11 is 12.1. The molecule has 2 aliphatic rings. The summed E-state index contributed by atoms with van der Waals surface area (Å²) in [7, 11) is 4.12. The monoisotopic (exact) mass is 418 g/mol. The third-order valence-electron chi connectivity index (χ3n) is 5.79. The molecule has 0 bridgehead atoms. The van der Waals surface area contributed by atoms with Crippen LogP contribution in [0.15, 0.2) is 18.5 Å². The number of hydrogen-bond acceptors (Lipinski definition) is 6. The Morgan fingerprint density at radius 2 is 1.93 bits per heavy atom. The highest BCUT2D eigenvalue weighted by Gasteiger charge is 2.51. The van der Waals surface area contributed by atoms with E-state index in [9.17, 15) is 5.11 Å². The number of hydrogen-bond donors (Lipinski definition) is 1. The van der Waals surface area contributed by atoms with Crippen molar-refractivity contribution < 1.29 is 5.11 Å². The normalized spacial score (nSPS) is 18.9. The second-order valence-corrected chi connectivity index (χ2v) is 8.57. The summed E-state index contributed by atoms with van der Waals surface area (Å²) in [5, 5.41) is 10.8. The van der Waals surface area contributed by atoms with Crippen LogP contribution < -0.4 is 4.90 Å². The van der Waals surface area contributed by atoms with Crippen LogP contribution in [0.25, 0.3) is 22.3 Å². The molecule has 5 rings (SSSR count). The first kappa shape index (κ1) is 18.0. The van der Waals surface area contributed by atoms with Crippen molar-refractivity contribution in [2.75, 3.05) is 31.6 Å². The highest BCUT2D eigenvalue weighted by Crippen LogP contribution is 2.45. The van der Waals surface area contributed by atoms with Gasteiger partial charge in [-0.1, -0.05) is 23.2 Å². The Kier molecular flexibility index (Phi) is 3.98. The summed E-state index contributed by atoms with van der Waals surface area (Å²) in [5.74, 6) is 0.566. The number of nitrogens with zero attached hydrogens (tertiary/aromatic N) is 6. The minimum absolute atomic E-state index is 0.0230. The zero-order chi connectivity index (χ0) is 19.6. The van der Waals surface area contributed by atoms with Crippen LogP contribution in [-0.2, 0) is 7.05 Å². The summed E-state index contributed by atoms with van der Waals surface area (Å²) in [6.45, 7) is 3.00. The third-order valence-corrected chi connectivity index (χ3v) is 6.34. The number of pyridine rings is 1. The lowest BCUT2D eigenvalue weighted by atomic mass is 10.1. The lowest BCUT2D eigenvalue weighted by Gasteiger charge is -2.40. The van der Waals surface area contributed by atoms with Crippen molar-refractivity contribution in [2.45, 2.75) is 18.4 Å². The molecule has 1 N–H and O–H groups in total. The Morgan fingerprint density at radius 3 is 2.64 bits per heavy atom. The molecule has 1 aliphatic carbocycles. The maximum absolute atomic E-state index is 9.79. The average molecular weight is 419 g/mol. The van der Waals surface area contributed by atoms with Gasteiger partial charge in [0.2, 0.25) is 5.95 Å². The van der Waals surface area contributed by atoms with Gasteiger partial charge in [0.1, 0.15) is 5.65 Å². The maximum Gasteiger partial charge on any atom is 0.227 e. The van der Waals surface area contributed by atoms with Gasteiger partial charge in [0.15, 0.2) is 10.9 Å². The van der Waals surface area contributed by atoms with Gasteiger partial charge in [0.25, 0.3) is 0 Å². The Bertz CT molecular complexity index is 1070. The molecule has 0 atom stereocenters. The third kappa shape index (κ3) is 2.72. The highest BCUT2D eigenvalue weighted by atomic mass is 35.5. The van der Waals surface area contributed by atoms with E-state index < -0.39 is 0 Å². The fourth-order valence-electron chi connectivity index (χ4n) is 4.16. The first-order valence-corrected chi connectivity index (χ1v) is 9.97. The van der Waals surface area contributed by atoms with Gasteiger partial charge in [-0.25, -0.2) is 9.97 Å². The quantitative estimate of drug-likeness (QED) is 0.643. The van der Waals surface area contributed by atoms with Gasteiger partial charge >= 0.3 is 0 Å². The molecular weight excluding hydrogens is 399 g/mol. The second-order valence-electron chi connectivity index (χ2n) is 7.80. The fraction of sp³-hybridized carbons (Fsp3) is 0.421. The van der Waals surface area contributed by atoms with E-state index in [1.54, 1.807) is 6.07 Å². The van der Waals surface area contributed by atoms with Crippen molar-refractivity contribution in [1.29, 1.82) is 0 Å². The van der Waals surface area contributed by atoms with Crippen molar-refractivity contribution in [3.8, 4) is 17.0 Å². The molecule has 3 aromatic rings. The van der Waals surface area contributed by atoms with Crippen LogP contribution in [-0.4, -0.2) is 61.7 Å². The predicted molar refractivity (Wildman–Crippen MR) is 110 cm³/mol. The molecule has 146 valence electrons. The number of aryl methyl sites for hydroxylation is 1. The zero-order valence-electron chi connectivity index (χ0n) is 15.7. The van der Waals surface area contributed by atoms with Crippen LogP contribution in [0.4, 0.5) is 5.95 Å². The van der Waals surface area contributed by atoms with Crippen LogP contribution in [0.3, 0.4) is 0 Å². The first-order chi connectivity index (χ1) is 13.4. The van der Waals surface area contributed by atoms with Crippen molar-refractivity contribution in [3.05, 3.63) is 28.6 Å². The Morgan fingerprint density at radius 1 is 1.14 bits per heavy atom. The van der Waals surface area contributed by atoms with Gasteiger partial charge in [0.05, 0.1) is 16.3 Å². The van der Waals surface area contributed by atoms with E-state index in [2.05, 4.69) is 21.8 Å². The van der Waals surface area contributed by atoms with Gasteiger partial charge in [-0.05, 0) is 26.0 Å². The SMILES string of the molecule is CN1CCN(c2ncc3c(-c4cc(Cl)c(O)c(Cl)n4)cn(C)c3n2)C2(CC2)C1. The number of likely N-dealkylation sites (N-methyl/N-ethyl adjacent to an activating group) is 1. The van der Waals surface area contributed by atoms with E-state index in [0.717, 1.165) is 42.2 Å². The van der Waals surface area contributed by atoms with Crippen LogP contribution in [0.1, 0.15) is 12.8 Å². The second kappa shape index (κ2) is 6.20. The number of aromatic hydroxyl groups is 1. The van der Waals surface area contributed by atoms with Crippen LogP contribution in [0.5, 0.6) is 5.75 Å². The summed E-state index contributed by atoms with van der Waals surface area (Å²) in [6, 6.07) is 1.60. The number of aromatic nitrogens is 4. The molecule has 3 aromatic heterocycles. The van der Waals surface area contributed by atoms with E-state index in [1.165, 1.54) is 12.8 Å². The molecule has 2 fully saturated rings. The van der Waals surface area contributed by atoms with Crippen LogP contribution in [0, 0.1) is 0 Å². The molecule has 1 aliphatic heterocycles. The number of halogens is 2. The standard InChI is InChI=1S/C19H20Cl2N6O/c1-25-5-6-27(19(10-25)3-4-19)18-22-8-11-12(9-26(2)17(11)24-18)14-7-13(20)15(28)16(21)23-14/h7-9,28H,3-6,10H2,1-2H3. The predicted octanol–water partition coefficient (Wildman–Crippen LogP) is 3.33. The van der Waals surface area contributed by atoms with Gasteiger partial charge in [-0.2, -0.15) is 4.98 Å². The van der Waals surface area contributed by atoms with E-state index in [0.29, 0.717) is 5.69 Å². The number of anilines is 1. The van der Waals surface area contributed by atoms with Gasteiger partial charge < -0.3 is 19.5 Å². The summed E-state index contributed by atoms with van der Waals surface area (Å²) in [5.41, 5.74) is 2.42. The molecule has 1 saturated carbocycles. The van der Waals surface area contributed by atoms with Crippen LogP contribution in [0.2, 0.25) is 10.2 Å². The highest BCUT2D eigenvalue weighted by molar-refractivity contribution is 6.36. The summed E-state index contributed by atoms with van der Waals surface area (Å²) in [4.78, 5) is 18.6. The van der Waals surface area contributed by atoms with E-state index in [-0.39, 0.29) is 21.5 Å². The number of rotatable bonds is 2. The minimum Gasteiger partial charge on any atom is -0.504 e. The Labute approximate surface area is 172 Å². The van der Waals surface area contributed by atoms with Crippen molar-refractivity contribution in [1.82, 2.24) is 24.4 Å². The van der Waals surface area contributed by atoms with E-state index in [1.807, 2.05) is 24.0 Å². The average Bonchev–Trinajstić information content (AvgIpc) is 3.34. The Hall–Kier alpha value is -2.09. The largest absolute Gasteiger partial charge is 0.504 e. The smallest absolute Gasteiger partial charge is 0.227 e. The zero-order valence-corrected chi connectivity index (χ0v) is 17.2. The van der Waals surface area contributed by atoms with E-state index >= 15 is 0 Å². The summed E-state index contributed by atoms with van der Waals surface area (Å²) < 4.78 is 1.96. The molecule has 4 heterocycles. The molecule has 9 heteroatoms. The lowest BCUT2D eigenvalue weighted by molar-refractivity contribution is 0.254. The molecule has 0 aromatic carbocycles. The van der Waals surface area contributed by atoms with Gasteiger partial charge in [-0.15, -0.1) is 0 Å². The van der Waals surface area contributed by atoms with E-state index in [4.69, 9.17) is 33.2 Å². The Balaban J connectivity index is 1.59. The molecule has 0 amide bonds. The minimum atomic E-state index is -0.212. The molecule has 0 radical (unpaired) electrons. The number of piperazine rings is 1. The summed E-state index contributed by atoms with van der Waals surface area (Å²) in [6.07, 6.45) is 6.15. The van der Waals surface area contributed by atoms with Gasteiger partial charge in [-0.3, -0.25) is 0 Å². The molecule has 1 spiro atoms. The van der Waals surface area contributed by atoms with Gasteiger partial charge in [0, 0.05) is 50.0 Å². The molecular formula is C19H20Cl2N6O. The van der Waals surface area contributed by atoms with Crippen molar-refractivity contribution >= 4 is 40.2 Å². The van der Waals surface area contributed by atoms with Crippen molar-refractivity contribution in [2.24, 2.45) is 7.05 Å². The molecule has 0 unspecified atom stereocenters. The molecule has 7 nitrogen and oxygen atoms in total. The van der Waals surface area contributed by atoms with Crippen molar-refractivity contribution in [3.63, 3.8) is 0 Å². The lowest BCUT2D eigenvalue weighted by Crippen LogP contribution is -2.54. The van der Waals surface area contributed by atoms with Crippen LogP contribution >= 0.6 is 23.2 Å². The molecule has 28 heavy (non-hydrogen) atoms. The number of fused-ring (bicyclic) bond motifs is 1. The first-order valence-electron chi connectivity index (χ1n) is 9.22. The topological polar surface area (TPSA) is 70.3 Å².